The molecule has 0 saturated heterocycles. The van der Waals surface area contributed by atoms with Gasteiger partial charge in [-0.05, 0) is 33.7 Å². The monoisotopic (exact) mass is 301 g/mol. The van der Waals surface area contributed by atoms with Crippen LogP contribution in [0.3, 0.4) is 0 Å². The van der Waals surface area contributed by atoms with E-state index in [1.807, 2.05) is 11.7 Å². The van der Waals surface area contributed by atoms with Crippen LogP contribution < -0.4 is 5.32 Å². The molecule has 1 saturated carbocycles. The molecule has 0 aliphatic heterocycles. The number of halogens is 1. The van der Waals surface area contributed by atoms with Gasteiger partial charge in [-0.3, -0.25) is 4.68 Å². The molecule has 1 heterocycles. The Balaban J connectivity index is 2.05. The summed E-state index contributed by atoms with van der Waals surface area (Å²) < 4.78 is 2.04. The summed E-state index contributed by atoms with van der Waals surface area (Å²) in [7, 11) is 2.01. The normalized spacial score (nSPS) is 18.4. The zero-order chi connectivity index (χ0) is 13.8. The molecule has 0 aromatic carbocycles. The van der Waals surface area contributed by atoms with Crippen molar-refractivity contribution in [3.05, 3.63) is 16.9 Å². The summed E-state index contributed by atoms with van der Waals surface area (Å²) >= 11 is 8.41. The number of rotatable bonds is 6. The SMILES string of the molecule is CNC(CSC1CCCC1)c1c(Cl)cnn1C(C)C. The van der Waals surface area contributed by atoms with E-state index in [2.05, 4.69) is 36.0 Å². The van der Waals surface area contributed by atoms with Crippen LogP contribution in [0, 0.1) is 0 Å². The van der Waals surface area contributed by atoms with Crippen molar-refractivity contribution in [2.75, 3.05) is 12.8 Å². The average molecular weight is 302 g/mol. The average Bonchev–Trinajstić information content (AvgIpc) is 3.00. The highest BCUT2D eigenvalue weighted by atomic mass is 35.5. The maximum absolute atomic E-state index is 6.33. The Morgan fingerprint density at radius 3 is 2.74 bits per heavy atom. The summed E-state index contributed by atoms with van der Waals surface area (Å²) in [6.45, 7) is 4.29. The van der Waals surface area contributed by atoms with E-state index in [0.717, 1.165) is 21.7 Å². The number of nitrogens with one attached hydrogen (secondary N) is 1. The molecule has 3 nitrogen and oxygen atoms in total. The van der Waals surface area contributed by atoms with Crippen LogP contribution in [0.5, 0.6) is 0 Å². The van der Waals surface area contributed by atoms with E-state index in [1.54, 1.807) is 6.20 Å². The molecular weight excluding hydrogens is 278 g/mol. The van der Waals surface area contributed by atoms with Gasteiger partial charge in [-0.1, -0.05) is 24.4 Å². The number of hydrogen-bond acceptors (Lipinski definition) is 3. The van der Waals surface area contributed by atoms with Crippen molar-refractivity contribution < 1.29 is 0 Å². The van der Waals surface area contributed by atoms with Gasteiger partial charge in [-0.2, -0.15) is 16.9 Å². The first-order valence-corrected chi connectivity index (χ1v) is 8.58. The molecule has 5 heteroatoms. The van der Waals surface area contributed by atoms with Gasteiger partial charge >= 0.3 is 0 Å². The largest absolute Gasteiger partial charge is 0.311 e. The van der Waals surface area contributed by atoms with E-state index >= 15 is 0 Å². The van der Waals surface area contributed by atoms with Crippen molar-refractivity contribution in [2.24, 2.45) is 0 Å². The summed E-state index contributed by atoms with van der Waals surface area (Å²) in [5.41, 5.74) is 1.13. The third-order valence-electron chi connectivity index (χ3n) is 3.76. The van der Waals surface area contributed by atoms with Crippen LogP contribution in [0.15, 0.2) is 6.20 Å². The smallest absolute Gasteiger partial charge is 0.0834 e. The first-order chi connectivity index (χ1) is 9.13. The topological polar surface area (TPSA) is 29.9 Å². The quantitative estimate of drug-likeness (QED) is 0.859. The van der Waals surface area contributed by atoms with Gasteiger partial charge in [0.05, 0.1) is 23.0 Å². The van der Waals surface area contributed by atoms with E-state index in [4.69, 9.17) is 11.6 Å². The molecule has 1 aliphatic carbocycles. The van der Waals surface area contributed by atoms with Gasteiger partial charge in [-0.15, -0.1) is 0 Å². The van der Waals surface area contributed by atoms with Gasteiger partial charge in [0, 0.05) is 17.0 Å². The van der Waals surface area contributed by atoms with E-state index in [1.165, 1.54) is 25.7 Å². The molecule has 0 spiro atoms. The van der Waals surface area contributed by atoms with E-state index in [0.29, 0.717) is 6.04 Å². The van der Waals surface area contributed by atoms with Crippen molar-refractivity contribution in [2.45, 2.75) is 56.9 Å². The highest BCUT2D eigenvalue weighted by molar-refractivity contribution is 7.99. The van der Waals surface area contributed by atoms with Gasteiger partial charge in [0.2, 0.25) is 0 Å². The number of aromatic nitrogens is 2. The number of nitrogens with zero attached hydrogens (tertiary/aromatic N) is 2. The lowest BCUT2D eigenvalue weighted by Crippen LogP contribution is -2.24. The van der Waals surface area contributed by atoms with Crippen molar-refractivity contribution in [3.8, 4) is 0 Å². The van der Waals surface area contributed by atoms with Crippen molar-refractivity contribution >= 4 is 23.4 Å². The highest BCUT2D eigenvalue weighted by Crippen LogP contribution is 2.34. The van der Waals surface area contributed by atoms with E-state index in [9.17, 15) is 0 Å². The van der Waals surface area contributed by atoms with Crippen LogP contribution in [0.25, 0.3) is 0 Å². The van der Waals surface area contributed by atoms with E-state index in [-0.39, 0.29) is 6.04 Å². The standard InChI is InChI=1S/C14H24ClN3S/c1-10(2)18-14(12(15)8-17-18)13(16-3)9-19-11-6-4-5-7-11/h8,10-11,13,16H,4-7,9H2,1-3H3. The maximum Gasteiger partial charge on any atom is 0.0834 e. The summed E-state index contributed by atoms with van der Waals surface area (Å²) in [4.78, 5) is 0. The minimum atomic E-state index is 0.281. The maximum atomic E-state index is 6.33. The van der Waals surface area contributed by atoms with Crippen molar-refractivity contribution in [1.82, 2.24) is 15.1 Å². The molecule has 1 fully saturated rings. The Hall–Kier alpha value is -0.190. The fourth-order valence-corrected chi connectivity index (χ4v) is 4.39. The molecule has 0 amide bonds. The molecule has 1 aromatic rings. The summed E-state index contributed by atoms with van der Waals surface area (Å²) in [6, 6.07) is 0.623. The van der Waals surface area contributed by atoms with Crippen LogP contribution in [-0.4, -0.2) is 27.8 Å². The Labute approximate surface area is 125 Å². The van der Waals surface area contributed by atoms with Gasteiger partial charge in [0.1, 0.15) is 0 Å². The Bertz CT molecular complexity index is 399. The minimum Gasteiger partial charge on any atom is -0.311 e. The molecule has 1 unspecified atom stereocenters. The first-order valence-electron chi connectivity index (χ1n) is 7.15. The molecule has 1 N–H and O–H groups in total. The van der Waals surface area contributed by atoms with Crippen LogP contribution in [-0.2, 0) is 0 Å². The van der Waals surface area contributed by atoms with Crippen molar-refractivity contribution in [1.29, 1.82) is 0 Å². The lowest BCUT2D eigenvalue weighted by molar-refractivity contribution is 0.477. The molecule has 2 rings (SSSR count). The lowest BCUT2D eigenvalue weighted by Gasteiger charge is -2.21. The van der Waals surface area contributed by atoms with Crippen LogP contribution in [0.4, 0.5) is 0 Å². The molecule has 1 aromatic heterocycles. The fourth-order valence-electron chi connectivity index (χ4n) is 2.67. The fraction of sp³-hybridized carbons (Fsp3) is 0.786. The van der Waals surface area contributed by atoms with Gasteiger partial charge in [0.25, 0.3) is 0 Å². The zero-order valence-corrected chi connectivity index (χ0v) is 13.6. The van der Waals surface area contributed by atoms with Crippen LogP contribution >= 0.6 is 23.4 Å². The van der Waals surface area contributed by atoms with Crippen LogP contribution in [0.1, 0.15) is 57.3 Å². The lowest BCUT2D eigenvalue weighted by atomic mass is 10.2. The van der Waals surface area contributed by atoms with Crippen molar-refractivity contribution in [3.63, 3.8) is 0 Å². The summed E-state index contributed by atoms with van der Waals surface area (Å²) in [6.07, 6.45) is 7.30. The minimum absolute atomic E-state index is 0.281. The Morgan fingerprint density at radius 2 is 2.16 bits per heavy atom. The van der Waals surface area contributed by atoms with Gasteiger partial charge in [0.15, 0.2) is 0 Å². The van der Waals surface area contributed by atoms with Gasteiger partial charge in [-0.25, -0.2) is 0 Å². The number of hydrogen-bond donors (Lipinski definition) is 1. The van der Waals surface area contributed by atoms with Crippen LogP contribution in [0.2, 0.25) is 5.02 Å². The second-order valence-corrected chi connectivity index (χ2v) is 7.24. The Kier molecular flexibility index (Phi) is 5.60. The summed E-state index contributed by atoms with van der Waals surface area (Å²) in [5.74, 6) is 1.07. The second-order valence-electron chi connectivity index (χ2n) is 5.50. The third-order valence-corrected chi connectivity index (χ3v) is 5.52. The van der Waals surface area contributed by atoms with E-state index < -0.39 is 0 Å². The molecule has 1 aliphatic rings. The zero-order valence-electron chi connectivity index (χ0n) is 12.0. The number of thioether (sulfide) groups is 1. The predicted octanol–water partition coefficient (Wildman–Crippen LogP) is 4.05. The third kappa shape index (κ3) is 3.67. The second kappa shape index (κ2) is 7.00. The first kappa shape index (κ1) is 15.2. The highest BCUT2D eigenvalue weighted by Gasteiger charge is 2.23. The molecule has 1 atom stereocenters. The summed E-state index contributed by atoms with van der Waals surface area (Å²) in [5, 5.41) is 9.41. The molecule has 19 heavy (non-hydrogen) atoms. The Morgan fingerprint density at radius 1 is 1.47 bits per heavy atom. The predicted molar refractivity (Wildman–Crippen MR) is 84.1 cm³/mol. The molecular formula is C14H24ClN3S. The molecule has 108 valence electrons. The molecule has 0 bridgehead atoms. The van der Waals surface area contributed by atoms with Gasteiger partial charge < -0.3 is 5.32 Å². The molecule has 0 radical (unpaired) electrons.